The Bertz CT molecular complexity index is 731. The molecule has 1 aliphatic heterocycles. The molecule has 6 heteroatoms. The highest BCUT2D eigenvalue weighted by Gasteiger charge is 2.28. The van der Waals surface area contributed by atoms with E-state index >= 15 is 0 Å². The van der Waals surface area contributed by atoms with Crippen LogP contribution >= 0.6 is 0 Å². The molecule has 0 bridgehead atoms. The zero-order chi connectivity index (χ0) is 17.9. The molecule has 3 rings (SSSR count). The summed E-state index contributed by atoms with van der Waals surface area (Å²) < 4.78 is 0.983. The number of likely N-dealkylation sites (N-methyl/N-ethyl adjacent to an activating group) is 1. The Morgan fingerprint density at radius 1 is 1.04 bits per heavy atom. The maximum Gasteiger partial charge on any atom is 0.200 e. The lowest BCUT2D eigenvalue weighted by Gasteiger charge is -2.41. The summed E-state index contributed by atoms with van der Waals surface area (Å²) in [6.07, 6.45) is 1.59. The van der Waals surface area contributed by atoms with Gasteiger partial charge < -0.3 is 19.8 Å². The van der Waals surface area contributed by atoms with Gasteiger partial charge in [-0.2, -0.15) is 5.10 Å². The van der Waals surface area contributed by atoms with Gasteiger partial charge in [0.1, 0.15) is 6.54 Å². The van der Waals surface area contributed by atoms with E-state index in [9.17, 15) is 15.3 Å². The Hall–Kier alpha value is -2.73. The van der Waals surface area contributed by atoms with Crippen LogP contribution in [0.4, 0.5) is 0 Å². The van der Waals surface area contributed by atoms with Gasteiger partial charge in [-0.15, -0.1) is 0 Å². The van der Waals surface area contributed by atoms with Gasteiger partial charge in [-0.25, -0.2) is 0 Å². The quantitative estimate of drug-likeness (QED) is 0.452. The Morgan fingerprint density at radius 3 is 2.24 bits per heavy atom. The molecule has 0 unspecified atom stereocenters. The molecule has 3 N–H and O–H groups in total. The molecule has 1 saturated heterocycles. The molecule has 1 fully saturated rings. The van der Waals surface area contributed by atoms with E-state index in [4.69, 9.17) is 0 Å². The molecule has 132 valence electrons. The standard InChI is InChI=1S/C19H23N3O3/c1-22(14-15-5-3-2-4-6-15)9-7-21(8-10-22)20-13-16-11-17(23)19(25)18(24)12-16/h2-6,11-13H,7-10,14H2,1H3,(H2-,20,23,24,25)/p+1. The normalized spacial score (nSPS) is 17.1. The lowest BCUT2D eigenvalue weighted by atomic mass is 10.1. The van der Waals surface area contributed by atoms with Crippen molar-refractivity contribution < 1.29 is 19.8 Å². The smallest absolute Gasteiger partial charge is 0.200 e. The average Bonchev–Trinajstić information content (AvgIpc) is 2.60. The van der Waals surface area contributed by atoms with Crippen molar-refractivity contribution in [2.24, 2.45) is 5.10 Å². The number of phenols is 3. The van der Waals surface area contributed by atoms with Crippen LogP contribution in [0.1, 0.15) is 11.1 Å². The van der Waals surface area contributed by atoms with E-state index in [1.807, 2.05) is 11.1 Å². The lowest BCUT2D eigenvalue weighted by Crippen LogP contribution is -2.55. The van der Waals surface area contributed by atoms with Crippen molar-refractivity contribution in [3.8, 4) is 17.2 Å². The van der Waals surface area contributed by atoms with Crippen LogP contribution in [-0.4, -0.2) is 64.3 Å². The van der Waals surface area contributed by atoms with Crippen molar-refractivity contribution >= 4 is 6.21 Å². The fourth-order valence-electron chi connectivity index (χ4n) is 3.08. The van der Waals surface area contributed by atoms with E-state index in [2.05, 4.69) is 36.4 Å². The number of hydrogen-bond donors (Lipinski definition) is 3. The Kier molecular flexibility index (Phi) is 4.81. The fourth-order valence-corrected chi connectivity index (χ4v) is 3.08. The van der Waals surface area contributed by atoms with Gasteiger partial charge in [0.2, 0.25) is 0 Å². The maximum absolute atomic E-state index is 9.54. The second-order valence-corrected chi connectivity index (χ2v) is 6.82. The molecular formula is C19H24N3O3+. The maximum atomic E-state index is 9.54. The summed E-state index contributed by atoms with van der Waals surface area (Å²) >= 11 is 0. The van der Waals surface area contributed by atoms with E-state index in [0.29, 0.717) is 5.56 Å². The summed E-state index contributed by atoms with van der Waals surface area (Å²) in [6, 6.07) is 13.3. The molecule has 1 aliphatic rings. The number of aromatic hydroxyl groups is 3. The van der Waals surface area contributed by atoms with Crippen LogP contribution in [0.3, 0.4) is 0 Å². The summed E-state index contributed by atoms with van der Waals surface area (Å²) in [4.78, 5) is 0. The van der Waals surface area contributed by atoms with Crippen molar-refractivity contribution in [1.29, 1.82) is 0 Å². The molecule has 2 aromatic carbocycles. The average molecular weight is 342 g/mol. The monoisotopic (exact) mass is 342 g/mol. The van der Waals surface area contributed by atoms with Gasteiger partial charge in [-0.05, 0) is 12.1 Å². The van der Waals surface area contributed by atoms with Crippen LogP contribution in [0, 0.1) is 0 Å². The summed E-state index contributed by atoms with van der Waals surface area (Å²) in [5, 5.41) is 34.9. The van der Waals surface area contributed by atoms with Crippen LogP contribution in [-0.2, 0) is 6.54 Å². The van der Waals surface area contributed by atoms with E-state index in [0.717, 1.165) is 37.2 Å². The van der Waals surface area contributed by atoms with Crippen LogP contribution in [0.25, 0.3) is 0 Å². The molecule has 0 aliphatic carbocycles. The number of rotatable bonds is 4. The third-order valence-corrected chi connectivity index (χ3v) is 4.67. The minimum Gasteiger partial charge on any atom is -0.504 e. The summed E-state index contributed by atoms with van der Waals surface area (Å²) in [6.45, 7) is 4.69. The topological polar surface area (TPSA) is 76.3 Å². The first-order valence-electron chi connectivity index (χ1n) is 8.36. The summed E-state index contributed by atoms with van der Waals surface area (Å²) in [5.41, 5.74) is 1.89. The number of benzene rings is 2. The molecule has 0 spiro atoms. The number of nitrogens with zero attached hydrogens (tertiary/aromatic N) is 3. The molecule has 0 radical (unpaired) electrons. The zero-order valence-corrected chi connectivity index (χ0v) is 14.3. The lowest BCUT2D eigenvalue weighted by molar-refractivity contribution is -0.926. The number of quaternary nitrogens is 1. The van der Waals surface area contributed by atoms with Gasteiger partial charge in [0.05, 0.1) is 39.4 Å². The van der Waals surface area contributed by atoms with Crippen LogP contribution in [0.5, 0.6) is 17.2 Å². The Balaban J connectivity index is 1.59. The molecule has 25 heavy (non-hydrogen) atoms. The van der Waals surface area contributed by atoms with E-state index in [1.54, 1.807) is 6.21 Å². The predicted molar refractivity (Wildman–Crippen MR) is 96.7 cm³/mol. The largest absolute Gasteiger partial charge is 0.504 e. The molecule has 1 heterocycles. The van der Waals surface area contributed by atoms with E-state index in [1.165, 1.54) is 17.7 Å². The molecule has 0 atom stereocenters. The van der Waals surface area contributed by atoms with E-state index in [-0.39, 0.29) is 11.5 Å². The second kappa shape index (κ2) is 7.03. The van der Waals surface area contributed by atoms with Gasteiger partial charge in [0.15, 0.2) is 17.2 Å². The molecule has 2 aromatic rings. The van der Waals surface area contributed by atoms with Gasteiger partial charge in [0, 0.05) is 11.1 Å². The highest BCUT2D eigenvalue weighted by molar-refractivity contribution is 5.82. The Labute approximate surface area is 147 Å². The predicted octanol–water partition coefficient (Wildman–Crippen LogP) is 2.10. The van der Waals surface area contributed by atoms with Gasteiger partial charge in [-0.1, -0.05) is 30.3 Å². The minimum absolute atomic E-state index is 0.354. The SMILES string of the molecule is C[N+]1(Cc2ccccc2)CCN(/N=C\c2cc(O)c(O)c(O)c2)CC1. The first-order chi connectivity index (χ1) is 12.0. The Morgan fingerprint density at radius 2 is 1.64 bits per heavy atom. The van der Waals surface area contributed by atoms with Crippen molar-refractivity contribution in [1.82, 2.24) is 5.01 Å². The van der Waals surface area contributed by atoms with Crippen molar-refractivity contribution in [3.63, 3.8) is 0 Å². The number of piperazine rings is 1. The molecule has 6 nitrogen and oxygen atoms in total. The van der Waals surface area contributed by atoms with Crippen LogP contribution in [0.2, 0.25) is 0 Å². The van der Waals surface area contributed by atoms with E-state index < -0.39 is 5.75 Å². The first-order valence-corrected chi connectivity index (χ1v) is 8.36. The van der Waals surface area contributed by atoms with Crippen LogP contribution < -0.4 is 0 Å². The van der Waals surface area contributed by atoms with Crippen molar-refractivity contribution in [3.05, 3.63) is 53.6 Å². The summed E-state index contributed by atoms with van der Waals surface area (Å²) in [5.74, 6) is -1.22. The zero-order valence-electron chi connectivity index (χ0n) is 14.3. The minimum atomic E-state index is -0.510. The fraction of sp³-hybridized carbons (Fsp3) is 0.316. The van der Waals surface area contributed by atoms with Crippen molar-refractivity contribution in [2.75, 3.05) is 33.2 Å². The third-order valence-electron chi connectivity index (χ3n) is 4.67. The molecular weight excluding hydrogens is 318 g/mol. The van der Waals surface area contributed by atoms with Gasteiger partial charge in [0.25, 0.3) is 0 Å². The number of phenolic OH excluding ortho intramolecular Hbond substituents is 3. The number of hydrogen-bond acceptors (Lipinski definition) is 5. The highest BCUT2D eigenvalue weighted by atomic mass is 16.3. The molecule has 0 aromatic heterocycles. The molecule has 0 saturated carbocycles. The van der Waals surface area contributed by atoms with Crippen LogP contribution in [0.15, 0.2) is 47.6 Å². The number of hydrazone groups is 1. The highest BCUT2D eigenvalue weighted by Crippen LogP contribution is 2.34. The summed E-state index contributed by atoms with van der Waals surface area (Å²) in [7, 11) is 2.27. The van der Waals surface area contributed by atoms with Crippen molar-refractivity contribution in [2.45, 2.75) is 6.54 Å². The van der Waals surface area contributed by atoms with Gasteiger partial charge in [-0.3, -0.25) is 5.01 Å². The third kappa shape index (κ3) is 4.22. The first kappa shape index (κ1) is 17.1. The molecule has 0 amide bonds. The van der Waals surface area contributed by atoms with Gasteiger partial charge >= 0.3 is 0 Å². The second-order valence-electron chi connectivity index (χ2n) is 6.82.